The highest BCUT2D eigenvalue weighted by Crippen LogP contribution is 2.33. The van der Waals surface area contributed by atoms with Gasteiger partial charge in [-0.3, -0.25) is 9.59 Å². The molecule has 2 rings (SSSR count). The van der Waals surface area contributed by atoms with Crippen LogP contribution in [0.25, 0.3) is 0 Å². The van der Waals surface area contributed by atoms with Gasteiger partial charge in [0, 0.05) is 8.95 Å². The third-order valence-electron chi connectivity index (χ3n) is 3.29. The smallest absolute Gasteiger partial charge is 0.242 e. The number of nitrogens with two attached hydrogens (primary N) is 2. The number of hydrogen-bond donors (Lipinski definition) is 2. The zero-order valence-corrected chi connectivity index (χ0v) is 14.0. The molecule has 0 unspecified atom stereocenters. The van der Waals surface area contributed by atoms with Gasteiger partial charge in [-0.2, -0.15) is 0 Å². The number of halogens is 2. The Balaban J connectivity index is 2.75. The molecule has 21 heavy (non-hydrogen) atoms. The maximum Gasteiger partial charge on any atom is 0.242 e. The molecule has 4 N–H and O–H groups in total. The molecule has 0 saturated carbocycles. The molecule has 108 valence electrons. The molecule has 0 aromatic heterocycles. The van der Waals surface area contributed by atoms with Crippen LogP contribution in [-0.2, 0) is 15.0 Å². The van der Waals surface area contributed by atoms with E-state index in [1.165, 1.54) is 0 Å². The Labute approximate surface area is 138 Å². The molecule has 0 atom stereocenters. The van der Waals surface area contributed by atoms with Crippen LogP contribution in [0.15, 0.2) is 57.5 Å². The van der Waals surface area contributed by atoms with Crippen molar-refractivity contribution >= 4 is 43.7 Å². The predicted octanol–water partition coefficient (Wildman–Crippen LogP) is 2.47. The lowest BCUT2D eigenvalue weighted by atomic mass is 9.73. The highest BCUT2D eigenvalue weighted by atomic mass is 79.9. The Hall–Kier alpha value is -1.66. The molecule has 0 aliphatic rings. The number of carbonyl (C=O) groups excluding carboxylic acids is 2. The second-order valence-corrected chi connectivity index (χ2v) is 6.32. The van der Waals surface area contributed by atoms with Crippen molar-refractivity contribution in [3.05, 3.63) is 68.6 Å². The third kappa shape index (κ3) is 2.73. The highest BCUT2D eigenvalue weighted by Gasteiger charge is 2.46. The molecule has 0 radical (unpaired) electrons. The van der Waals surface area contributed by atoms with Crippen molar-refractivity contribution in [3.8, 4) is 0 Å². The summed E-state index contributed by atoms with van der Waals surface area (Å²) in [4.78, 5) is 24.3. The average molecular weight is 412 g/mol. The quantitative estimate of drug-likeness (QED) is 0.757. The van der Waals surface area contributed by atoms with Crippen LogP contribution in [0.5, 0.6) is 0 Å². The number of hydrogen-bond acceptors (Lipinski definition) is 2. The first-order valence-corrected chi connectivity index (χ1v) is 7.59. The fourth-order valence-corrected chi connectivity index (χ4v) is 2.79. The van der Waals surface area contributed by atoms with E-state index in [2.05, 4.69) is 31.9 Å². The van der Waals surface area contributed by atoms with Crippen molar-refractivity contribution in [2.75, 3.05) is 0 Å². The summed E-state index contributed by atoms with van der Waals surface area (Å²) >= 11 is 6.63. The normalized spacial score (nSPS) is 11.1. The van der Waals surface area contributed by atoms with E-state index in [-0.39, 0.29) is 0 Å². The summed E-state index contributed by atoms with van der Waals surface area (Å²) in [6.07, 6.45) is 0. The molecular formula is C15H12Br2N2O2. The average Bonchev–Trinajstić information content (AvgIpc) is 2.43. The molecule has 0 aliphatic heterocycles. The molecule has 0 saturated heterocycles. The first kappa shape index (κ1) is 15.7. The molecule has 2 aromatic carbocycles. The van der Waals surface area contributed by atoms with Crippen LogP contribution in [0.4, 0.5) is 0 Å². The van der Waals surface area contributed by atoms with Crippen molar-refractivity contribution < 1.29 is 9.59 Å². The summed E-state index contributed by atoms with van der Waals surface area (Å²) in [6, 6.07) is 13.5. The van der Waals surface area contributed by atoms with Gasteiger partial charge >= 0.3 is 0 Å². The summed E-state index contributed by atoms with van der Waals surface area (Å²) in [5, 5.41) is 0. The van der Waals surface area contributed by atoms with E-state index in [1.807, 2.05) is 0 Å². The Bertz CT molecular complexity index is 620. The lowest BCUT2D eigenvalue weighted by molar-refractivity contribution is -0.132. The van der Waals surface area contributed by atoms with E-state index in [1.54, 1.807) is 48.5 Å². The predicted molar refractivity (Wildman–Crippen MR) is 87.5 cm³/mol. The van der Waals surface area contributed by atoms with Gasteiger partial charge in [-0.1, -0.05) is 56.1 Å². The van der Waals surface area contributed by atoms with Gasteiger partial charge in [0.25, 0.3) is 0 Å². The Kier molecular flexibility index (Phi) is 4.49. The topological polar surface area (TPSA) is 86.2 Å². The van der Waals surface area contributed by atoms with Crippen LogP contribution < -0.4 is 11.5 Å². The van der Waals surface area contributed by atoms with E-state index in [0.717, 1.165) is 8.95 Å². The molecule has 0 heterocycles. The van der Waals surface area contributed by atoms with Gasteiger partial charge in [-0.15, -0.1) is 0 Å². The second kappa shape index (κ2) is 5.99. The van der Waals surface area contributed by atoms with Crippen molar-refractivity contribution in [2.45, 2.75) is 5.41 Å². The minimum absolute atomic E-state index is 0.438. The Morgan fingerprint density at radius 3 is 1.24 bits per heavy atom. The third-order valence-corrected chi connectivity index (χ3v) is 4.35. The molecule has 0 bridgehead atoms. The molecule has 2 amide bonds. The Morgan fingerprint density at radius 1 is 0.714 bits per heavy atom. The van der Waals surface area contributed by atoms with Gasteiger partial charge in [-0.05, 0) is 35.4 Å². The summed E-state index contributed by atoms with van der Waals surface area (Å²) < 4.78 is 1.65. The van der Waals surface area contributed by atoms with Crippen LogP contribution in [0.1, 0.15) is 11.1 Å². The van der Waals surface area contributed by atoms with Gasteiger partial charge in [0.05, 0.1) is 0 Å². The van der Waals surface area contributed by atoms with E-state index in [0.29, 0.717) is 11.1 Å². The maximum absolute atomic E-state index is 12.1. The van der Waals surface area contributed by atoms with Gasteiger partial charge in [-0.25, -0.2) is 0 Å². The summed E-state index contributed by atoms with van der Waals surface area (Å²) in [6.45, 7) is 0. The number of rotatable bonds is 4. The maximum atomic E-state index is 12.1. The Morgan fingerprint density at radius 2 is 1.00 bits per heavy atom. The van der Waals surface area contributed by atoms with Gasteiger partial charge in [0.15, 0.2) is 5.41 Å². The molecule has 0 spiro atoms. The van der Waals surface area contributed by atoms with Crippen molar-refractivity contribution in [1.29, 1.82) is 0 Å². The van der Waals surface area contributed by atoms with Crippen molar-refractivity contribution in [2.24, 2.45) is 11.5 Å². The number of benzene rings is 2. The van der Waals surface area contributed by atoms with Gasteiger partial charge in [0.2, 0.25) is 11.8 Å². The number of carbonyl (C=O) groups is 2. The SMILES string of the molecule is NC(=O)C(C(N)=O)(c1ccc(Br)cc1)c1ccc(Br)cc1. The molecule has 6 heteroatoms. The van der Waals surface area contributed by atoms with E-state index >= 15 is 0 Å². The van der Waals surface area contributed by atoms with Gasteiger partial charge in [0.1, 0.15) is 0 Å². The zero-order chi connectivity index (χ0) is 15.6. The van der Waals surface area contributed by atoms with Crippen LogP contribution in [0.3, 0.4) is 0 Å². The largest absolute Gasteiger partial charge is 0.368 e. The van der Waals surface area contributed by atoms with Crippen LogP contribution in [0, 0.1) is 0 Å². The monoisotopic (exact) mass is 410 g/mol. The van der Waals surface area contributed by atoms with Gasteiger partial charge < -0.3 is 11.5 Å². The summed E-state index contributed by atoms with van der Waals surface area (Å²) in [7, 11) is 0. The highest BCUT2D eigenvalue weighted by molar-refractivity contribution is 9.10. The van der Waals surface area contributed by atoms with Crippen LogP contribution in [-0.4, -0.2) is 11.8 Å². The minimum Gasteiger partial charge on any atom is -0.368 e. The molecule has 2 aromatic rings. The van der Waals surface area contributed by atoms with Crippen molar-refractivity contribution in [1.82, 2.24) is 0 Å². The molecule has 0 aliphatic carbocycles. The van der Waals surface area contributed by atoms with E-state index in [9.17, 15) is 9.59 Å². The van der Waals surface area contributed by atoms with Crippen molar-refractivity contribution in [3.63, 3.8) is 0 Å². The van der Waals surface area contributed by atoms with Crippen LogP contribution >= 0.6 is 31.9 Å². The first-order valence-electron chi connectivity index (χ1n) is 6.01. The minimum atomic E-state index is -1.69. The fraction of sp³-hybridized carbons (Fsp3) is 0.0667. The summed E-state index contributed by atoms with van der Waals surface area (Å²) in [5.41, 5.74) is 10.3. The van der Waals surface area contributed by atoms with E-state index in [4.69, 9.17) is 11.5 Å². The van der Waals surface area contributed by atoms with Crippen LogP contribution in [0.2, 0.25) is 0 Å². The second-order valence-electron chi connectivity index (χ2n) is 4.49. The lowest BCUT2D eigenvalue weighted by Gasteiger charge is -2.28. The first-order chi connectivity index (χ1) is 9.88. The molecular weight excluding hydrogens is 400 g/mol. The summed E-state index contributed by atoms with van der Waals surface area (Å²) in [5.74, 6) is -1.61. The number of primary amides is 2. The standard InChI is InChI=1S/C15H12Br2N2O2/c16-11-5-1-9(2-6-11)15(13(18)20,14(19)21)10-3-7-12(17)8-4-10/h1-8H,(H2,18,20)(H2,19,21). The lowest BCUT2D eigenvalue weighted by Crippen LogP contribution is -2.52. The fourth-order valence-electron chi connectivity index (χ4n) is 2.26. The zero-order valence-electron chi connectivity index (χ0n) is 10.8. The number of amides is 2. The molecule has 0 fully saturated rings. The van der Waals surface area contributed by atoms with E-state index < -0.39 is 17.2 Å². The molecule has 4 nitrogen and oxygen atoms in total.